The molecule has 2 heteroatoms. The fourth-order valence-electron chi connectivity index (χ4n) is 1.49. The smallest absolute Gasteiger partial charge is 0.0891 e. The highest BCUT2D eigenvalue weighted by atomic mass is 14.8. The topological polar surface area (TPSA) is 25.8 Å². The van der Waals surface area contributed by atoms with E-state index in [9.17, 15) is 0 Å². The number of aromatic nitrogens is 2. The van der Waals surface area contributed by atoms with Crippen molar-refractivity contribution in [2.24, 2.45) is 0 Å². The highest BCUT2D eigenvalue weighted by Crippen LogP contribution is 2.15. The van der Waals surface area contributed by atoms with Gasteiger partial charge in [0, 0.05) is 11.9 Å². The van der Waals surface area contributed by atoms with E-state index in [1.807, 2.05) is 25.1 Å². The second-order valence-corrected chi connectivity index (χ2v) is 3.39. The number of rotatable bonds is 1. The molecule has 0 bridgehead atoms. The summed E-state index contributed by atoms with van der Waals surface area (Å²) >= 11 is 0. The number of pyridine rings is 2. The summed E-state index contributed by atoms with van der Waals surface area (Å²) in [6, 6.07) is 9.97. The van der Waals surface area contributed by atoms with Crippen molar-refractivity contribution in [3.63, 3.8) is 0 Å². The van der Waals surface area contributed by atoms with Crippen LogP contribution in [0.3, 0.4) is 0 Å². The summed E-state index contributed by atoms with van der Waals surface area (Å²) in [5, 5.41) is 0. The maximum Gasteiger partial charge on any atom is 0.0891 e. The molecule has 0 aliphatic heterocycles. The standard InChI is InChI=1S/C12H12N2/c1-9-7-10(2)14-12(8-9)11-5-3-4-6-13-11/h3-8H,1-2H3. The van der Waals surface area contributed by atoms with Crippen molar-refractivity contribution in [1.29, 1.82) is 0 Å². The van der Waals surface area contributed by atoms with E-state index in [1.165, 1.54) is 5.56 Å². The van der Waals surface area contributed by atoms with Gasteiger partial charge in [0.15, 0.2) is 0 Å². The summed E-state index contributed by atoms with van der Waals surface area (Å²) in [4.78, 5) is 8.71. The van der Waals surface area contributed by atoms with Crippen LogP contribution in [0.1, 0.15) is 11.3 Å². The van der Waals surface area contributed by atoms with Crippen LogP contribution in [0.4, 0.5) is 0 Å². The number of aryl methyl sites for hydroxylation is 2. The minimum Gasteiger partial charge on any atom is -0.255 e. The molecule has 0 N–H and O–H groups in total. The minimum atomic E-state index is 0.930. The lowest BCUT2D eigenvalue weighted by Gasteiger charge is -2.02. The highest BCUT2D eigenvalue weighted by Gasteiger charge is 2.00. The maximum atomic E-state index is 4.44. The first-order chi connectivity index (χ1) is 6.75. The Kier molecular flexibility index (Phi) is 2.27. The van der Waals surface area contributed by atoms with E-state index >= 15 is 0 Å². The van der Waals surface area contributed by atoms with Gasteiger partial charge in [-0.2, -0.15) is 0 Å². The van der Waals surface area contributed by atoms with Crippen molar-refractivity contribution < 1.29 is 0 Å². The van der Waals surface area contributed by atoms with E-state index < -0.39 is 0 Å². The van der Waals surface area contributed by atoms with Gasteiger partial charge in [0.1, 0.15) is 0 Å². The fourth-order valence-corrected chi connectivity index (χ4v) is 1.49. The number of hydrogen-bond donors (Lipinski definition) is 0. The van der Waals surface area contributed by atoms with Crippen molar-refractivity contribution in [3.05, 3.63) is 47.8 Å². The minimum absolute atomic E-state index is 0.930. The van der Waals surface area contributed by atoms with Crippen molar-refractivity contribution in [1.82, 2.24) is 9.97 Å². The summed E-state index contributed by atoms with van der Waals surface area (Å²) in [6.07, 6.45) is 1.79. The molecule has 0 aliphatic rings. The third kappa shape index (κ3) is 1.79. The molecule has 0 atom stereocenters. The zero-order chi connectivity index (χ0) is 9.97. The summed E-state index contributed by atoms with van der Waals surface area (Å²) in [5.74, 6) is 0. The van der Waals surface area contributed by atoms with Gasteiger partial charge >= 0.3 is 0 Å². The normalized spacial score (nSPS) is 10.1. The lowest BCUT2D eigenvalue weighted by atomic mass is 10.2. The fraction of sp³-hybridized carbons (Fsp3) is 0.167. The van der Waals surface area contributed by atoms with Crippen LogP contribution in [0, 0.1) is 13.8 Å². The van der Waals surface area contributed by atoms with E-state index in [4.69, 9.17) is 0 Å². The molecule has 0 radical (unpaired) electrons. The van der Waals surface area contributed by atoms with E-state index in [0.717, 1.165) is 17.1 Å². The summed E-state index contributed by atoms with van der Waals surface area (Å²) < 4.78 is 0. The molecule has 0 saturated carbocycles. The molecule has 0 amide bonds. The number of hydrogen-bond acceptors (Lipinski definition) is 2. The molecule has 0 spiro atoms. The first-order valence-electron chi connectivity index (χ1n) is 4.62. The molecule has 0 aromatic carbocycles. The first kappa shape index (κ1) is 8.88. The van der Waals surface area contributed by atoms with Crippen LogP contribution < -0.4 is 0 Å². The second-order valence-electron chi connectivity index (χ2n) is 3.39. The quantitative estimate of drug-likeness (QED) is 0.681. The van der Waals surface area contributed by atoms with Crippen LogP contribution in [0.15, 0.2) is 36.5 Å². The lowest BCUT2D eigenvalue weighted by Crippen LogP contribution is -1.90. The van der Waals surface area contributed by atoms with Crippen LogP contribution >= 0.6 is 0 Å². The Morgan fingerprint density at radius 2 is 1.86 bits per heavy atom. The molecular formula is C12H12N2. The molecule has 0 unspecified atom stereocenters. The first-order valence-corrected chi connectivity index (χ1v) is 4.62. The maximum absolute atomic E-state index is 4.44. The molecule has 14 heavy (non-hydrogen) atoms. The van der Waals surface area contributed by atoms with Crippen LogP contribution in [-0.2, 0) is 0 Å². The van der Waals surface area contributed by atoms with Crippen molar-refractivity contribution in [3.8, 4) is 11.4 Å². The van der Waals surface area contributed by atoms with Gasteiger partial charge in [-0.05, 0) is 43.7 Å². The molecule has 70 valence electrons. The van der Waals surface area contributed by atoms with Gasteiger partial charge in [-0.3, -0.25) is 9.97 Å². The monoisotopic (exact) mass is 184 g/mol. The van der Waals surface area contributed by atoms with Gasteiger partial charge in [0.25, 0.3) is 0 Å². The van der Waals surface area contributed by atoms with Crippen LogP contribution in [0.2, 0.25) is 0 Å². The molecular weight excluding hydrogens is 172 g/mol. The zero-order valence-electron chi connectivity index (χ0n) is 8.36. The Balaban J connectivity index is 2.52. The van der Waals surface area contributed by atoms with Crippen molar-refractivity contribution in [2.45, 2.75) is 13.8 Å². The Morgan fingerprint density at radius 3 is 2.50 bits per heavy atom. The van der Waals surface area contributed by atoms with E-state index in [1.54, 1.807) is 6.20 Å². The predicted molar refractivity (Wildman–Crippen MR) is 56.9 cm³/mol. The average Bonchev–Trinajstić information content (AvgIpc) is 2.18. The number of nitrogens with zero attached hydrogens (tertiary/aromatic N) is 2. The lowest BCUT2D eigenvalue weighted by molar-refractivity contribution is 1.16. The summed E-state index contributed by atoms with van der Waals surface area (Å²) in [7, 11) is 0. The molecule has 2 aromatic heterocycles. The predicted octanol–water partition coefficient (Wildman–Crippen LogP) is 2.76. The molecule has 2 rings (SSSR count). The summed E-state index contributed by atoms with van der Waals surface area (Å²) in [5.41, 5.74) is 4.13. The Morgan fingerprint density at radius 1 is 1.00 bits per heavy atom. The third-order valence-electron chi connectivity index (χ3n) is 2.03. The largest absolute Gasteiger partial charge is 0.255 e. The highest BCUT2D eigenvalue weighted by molar-refractivity contribution is 5.54. The molecule has 2 heterocycles. The Labute approximate surface area is 83.7 Å². The molecule has 2 nitrogen and oxygen atoms in total. The molecule has 0 fully saturated rings. The van der Waals surface area contributed by atoms with Crippen LogP contribution in [0.5, 0.6) is 0 Å². The van der Waals surface area contributed by atoms with Gasteiger partial charge in [0.05, 0.1) is 11.4 Å². The molecule has 0 saturated heterocycles. The van der Waals surface area contributed by atoms with Crippen LogP contribution in [-0.4, -0.2) is 9.97 Å². The van der Waals surface area contributed by atoms with Gasteiger partial charge in [0.2, 0.25) is 0 Å². The summed E-state index contributed by atoms with van der Waals surface area (Å²) in [6.45, 7) is 4.07. The molecule has 0 aliphatic carbocycles. The van der Waals surface area contributed by atoms with Gasteiger partial charge < -0.3 is 0 Å². The molecule has 2 aromatic rings. The van der Waals surface area contributed by atoms with Crippen molar-refractivity contribution >= 4 is 0 Å². The van der Waals surface area contributed by atoms with E-state index in [2.05, 4.69) is 29.0 Å². The van der Waals surface area contributed by atoms with Crippen molar-refractivity contribution in [2.75, 3.05) is 0 Å². The van der Waals surface area contributed by atoms with Gasteiger partial charge in [-0.15, -0.1) is 0 Å². The third-order valence-corrected chi connectivity index (χ3v) is 2.03. The zero-order valence-corrected chi connectivity index (χ0v) is 8.36. The van der Waals surface area contributed by atoms with E-state index in [-0.39, 0.29) is 0 Å². The Bertz CT molecular complexity index is 415. The van der Waals surface area contributed by atoms with Gasteiger partial charge in [-0.1, -0.05) is 6.07 Å². The Hall–Kier alpha value is -1.70. The van der Waals surface area contributed by atoms with Crippen LogP contribution in [0.25, 0.3) is 11.4 Å². The van der Waals surface area contributed by atoms with E-state index in [0.29, 0.717) is 0 Å². The second kappa shape index (κ2) is 3.58. The van der Waals surface area contributed by atoms with Gasteiger partial charge in [-0.25, -0.2) is 0 Å². The average molecular weight is 184 g/mol. The SMILES string of the molecule is Cc1cc(C)nc(-c2ccccn2)c1.